The van der Waals surface area contributed by atoms with E-state index in [0.717, 1.165) is 16.6 Å². The van der Waals surface area contributed by atoms with E-state index in [2.05, 4.69) is 4.98 Å². The quantitative estimate of drug-likeness (QED) is 0.489. The van der Waals surface area contributed by atoms with Crippen molar-refractivity contribution in [2.24, 2.45) is 0 Å². The Morgan fingerprint density at radius 1 is 1.23 bits per heavy atom. The molecule has 0 saturated carbocycles. The molecule has 1 aliphatic heterocycles. The second-order valence-corrected chi connectivity index (χ2v) is 6.50. The Morgan fingerprint density at radius 3 is 3.00 bits per heavy atom. The molecule has 132 valence electrons. The second-order valence-electron chi connectivity index (χ2n) is 5.56. The van der Waals surface area contributed by atoms with Crippen LogP contribution in [0.4, 0.5) is 0 Å². The van der Waals surface area contributed by atoms with E-state index in [1.54, 1.807) is 31.5 Å². The van der Waals surface area contributed by atoms with Gasteiger partial charge in [0.25, 0.3) is 0 Å². The first-order chi connectivity index (χ1) is 12.7. The highest BCUT2D eigenvalue weighted by atomic mass is 32.2. The summed E-state index contributed by atoms with van der Waals surface area (Å²) in [6.07, 6.45) is 3.58. The molecule has 0 amide bonds. The third-order valence-electron chi connectivity index (χ3n) is 3.97. The van der Waals surface area contributed by atoms with Gasteiger partial charge in [-0.05, 0) is 30.3 Å². The Balaban J connectivity index is 1.48. The van der Waals surface area contributed by atoms with E-state index in [9.17, 15) is 4.79 Å². The number of carbonyl (C=O) groups excluding carboxylic acids is 1. The number of fused-ring (bicyclic) bond motifs is 1. The number of carbonyl (C=O) groups is 1. The third-order valence-corrected chi connectivity index (χ3v) is 4.93. The van der Waals surface area contributed by atoms with E-state index >= 15 is 0 Å². The summed E-state index contributed by atoms with van der Waals surface area (Å²) in [5, 5.41) is 0.743. The third kappa shape index (κ3) is 3.25. The van der Waals surface area contributed by atoms with Gasteiger partial charge in [-0.1, -0.05) is 17.8 Å². The summed E-state index contributed by atoms with van der Waals surface area (Å²) in [7, 11) is 1.63. The average molecular weight is 368 g/mol. The minimum Gasteiger partial charge on any atom is -0.497 e. The normalized spacial score (nSPS) is 12.2. The molecule has 0 saturated heterocycles. The average Bonchev–Trinajstić information content (AvgIpc) is 3.34. The van der Waals surface area contributed by atoms with Gasteiger partial charge < -0.3 is 14.2 Å². The van der Waals surface area contributed by atoms with Gasteiger partial charge in [0.1, 0.15) is 5.75 Å². The van der Waals surface area contributed by atoms with E-state index in [1.165, 1.54) is 11.8 Å². The molecule has 1 aromatic heterocycles. The first-order valence-corrected chi connectivity index (χ1v) is 8.96. The maximum absolute atomic E-state index is 12.5. The molecule has 0 fully saturated rings. The van der Waals surface area contributed by atoms with Crippen LogP contribution in [0.15, 0.2) is 60.0 Å². The van der Waals surface area contributed by atoms with E-state index in [0.29, 0.717) is 17.1 Å². The highest BCUT2D eigenvalue weighted by Crippen LogP contribution is 2.33. The fourth-order valence-electron chi connectivity index (χ4n) is 2.64. The Labute approximate surface area is 154 Å². The van der Waals surface area contributed by atoms with Crippen molar-refractivity contribution >= 4 is 17.5 Å². The maximum atomic E-state index is 12.5. The summed E-state index contributed by atoms with van der Waals surface area (Å²) in [5.41, 5.74) is 1.53. The number of ketones is 1. The molecule has 0 unspecified atom stereocenters. The minimum absolute atomic E-state index is 0.00786. The molecule has 6 nitrogen and oxygen atoms in total. The highest BCUT2D eigenvalue weighted by molar-refractivity contribution is 7.99. The maximum Gasteiger partial charge on any atom is 0.231 e. The number of hydrogen-bond donors (Lipinski definition) is 0. The summed E-state index contributed by atoms with van der Waals surface area (Å²) in [5.74, 6) is 2.33. The Morgan fingerprint density at radius 2 is 2.12 bits per heavy atom. The van der Waals surface area contributed by atoms with Gasteiger partial charge in [-0.3, -0.25) is 9.36 Å². The lowest BCUT2D eigenvalue weighted by Gasteiger charge is -2.09. The van der Waals surface area contributed by atoms with Crippen molar-refractivity contribution in [1.29, 1.82) is 0 Å². The van der Waals surface area contributed by atoms with Crippen LogP contribution in [0.3, 0.4) is 0 Å². The van der Waals surface area contributed by atoms with Crippen molar-refractivity contribution < 1.29 is 19.0 Å². The zero-order valence-corrected chi connectivity index (χ0v) is 14.9. The first kappa shape index (κ1) is 16.5. The molecule has 2 aromatic carbocycles. The molecule has 0 N–H and O–H groups in total. The predicted molar refractivity (Wildman–Crippen MR) is 97.7 cm³/mol. The van der Waals surface area contributed by atoms with Gasteiger partial charge in [0, 0.05) is 24.0 Å². The molecule has 0 radical (unpaired) electrons. The summed E-state index contributed by atoms with van der Waals surface area (Å²) in [6.45, 7) is 0.194. The van der Waals surface area contributed by atoms with E-state index in [-0.39, 0.29) is 18.3 Å². The molecule has 4 rings (SSSR count). The SMILES string of the molecule is COc1cccc(-n2ccnc2SCC(=O)c2ccc3c(c2)OCO3)c1. The van der Waals surface area contributed by atoms with Crippen LogP contribution < -0.4 is 14.2 Å². The molecule has 0 spiro atoms. The minimum atomic E-state index is 0.00786. The smallest absolute Gasteiger partial charge is 0.231 e. The van der Waals surface area contributed by atoms with Crippen molar-refractivity contribution in [3.63, 3.8) is 0 Å². The van der Waals surface area contributed by atoms with Gasteiger partial charge in [-0.2, -0.15) is 0 Å². The zero-order valence-electron chi connectivity index (χ0n) is 14.0. The number of rotatable bonds is 6. The Hall–Kier alpha value is -2.93. The molecule has 0 aliphatic carbocycles. The lowest BCUT2D eigenvalue weighted by molar-refractivity contribution is 0.102. The number of methoxy groups -OCH3 is 1. The Kier molecular flexibility index (Phi) is 4.53. The summed E-state index contributed by atoms with van der Waals surface area (Å²) >= 11 is 1.39. The van der Waals surface area contributed by atoms with Crippen molar-refractivity contribution in [1.82, 2.24) is 9.55 Å². The number of Topliss-reactive ketones (excluding diaryl/α,β-unsaturated/α-hetero) is 1. The van der Waals surface area contributed by atoms with E-state index in [4.69, 9.17) is 14.2 Å². The van der Waals surface area contributed by atoms with Crippen LogP contribution in [-0.4, -0.2) is 35.0 Å². The van der Waals surface area contributed by atoms with Gasteiger partial charge in [0.05, 0.1) is 18.6 Å². The summed E-state index contributed by atoms with van der Waals surface area (Å²) in [6, 6.07) is 12.9. The van der Waals surface area contributed by atoms with E-state index in [1.807, 2.05) is 35.0 Å². The van der Waals surface area contributed by atoms with Gasteiger partial charge >= 0.3 is 0 Å². The van der Waals surface area contributed by atoms with Gasteiger partial charge in [-0.25, -0.2) is 4.98 Å². The molecule has 0 bridgehead atoms. The molecule has 1 aliphatic rings. The van der Waals surface area contributed by atoms with Crippen LogP contribution in [0.5, 0.6) is 17.2 Å². The number of nitrogens with zero attached hydrogens (tertiary/aromatic N) is 2. The first-order valence-electron chi connectivity index (χ1n) is 7.98. The number of imidazole rings is 1. The largest absolute Gasteiger partial charge is 0.497 e. The van der Waals surface area contributed by atoms with Crippen molar-refractivity contribution in [2.45, 2.75) is 5.16 Å². The number of benzene rings is 2. The van der Waals surface area contributed by atoms with Crippen LogP contribution in [0.25, 0.3) is 5.69 Å². The highest BCUT2D eigenvalue weighted by Gasteiger charge is 2.17. The number of ether oxygens (including phenoxy) is 3. The van der Waals surface area contributed by atoms with Gasteiger partial charge in [0.15, 0.2) is 22.4 Å². The fraction of sp³-hybridized carbons (Fsp3) is 0.158. The van der Waals surface area contributed by atoms with Gasteiger partial charge in [-0.15, -0.1) is 0 Å². The molecular weight excluding hydrogens is 352 g/mol. The molecule has 0 atom stereocenters. The van der Waals surface area contributed by atoms with E-state index < -0.39 is 0 Å². The van der Waals surface area contributed by atoms with Crippen molar-refractivity contribution in [2.75, 3.05) is 19.7 Å². The molecule has 26 heavy (non-hydrogen) atoms. The number of hydrogen-bond acceptors (Lipinski definition) is 6. The topological polar surface area (TPSA) is 62.6 Å². The number of thioether (sulfide) groups is 1. The molecule has 2 heterocycles. The monoisotopic (exact) mass is 368 g/mol. The molecule has 7 heteroatoms. The molecular formula is C19H16N2O4S. The Bertz CT molecular complexity index is 954. The molecule has 3 aromatic rings. The standard InChI is InChI=1S/C19H16N2O4S/c1-23-15-4-2-3-14(10-15)21-8-7-20-19(21)26-11-16(22)13-5-6-17-18(9-13)25-12-24-17/h2-10H,11-12H2,1H3. The van der Waals surface area contributed by atoms with Gasteiger partial charge in [0.2, 0.25) is 6.79 Å². The summed E-state index contributed by atoms with van der Waals surface area (Å²) in [4.78, 5) is 16.9. The van der Waals surface area contributed by atoms with Crippen LogP contribution in [-0.2, 0) is 0 Å². The van der Waals surface area contributed by atoms with Crippen molar-refractivity contribution in [3.05, 3.63) is 60.4 Å². The number of aromatic nitrogens is 2. The lowest BCUT2D eigenvalue weighted by Crippen LogP contribution is -2.04. The zero-order chi connectivity index (χ0) is 17.9. The van der Waals surface area contributed by atoms with Crippen molar-refractivity contribution in [3.8, 4) is 22.9 Å². The van der Waals surface area contributed by atoms with Crippen LogP contribution in [0.2, 0.25) is 0 Å². The van der Waals surface area contributed by atoms with Crippen LogP contribution in [0, 0.1) is 0 Å². The lowest BCUT2D eigenvalue weighted by atomic mass is 10.1. The second kappa shape index (κ2) is 7.13. The summed E-state index contributed by atoms with van der Waals surface area (Å²) < 4.78 is 17.8. The fourth-order valence-corrected chi connectivity index (χ4v) is 3.50. The predicted octanol–water partition coefficient (Wildman–Crippen LogP) is 3.58. The van der Waals surface area contributed by atoms with Crippen LogP contribution in [0.1, 0.15) is 10.4 Å². The van der Waals surface area contributed by atoms with Crippen LogP contribution >= 0.6 is 11.8 Å².